The lowest BCUT2D eigenvalue weighted by Crippen LogP contribution is -2.38. The maximum absolute atomic E-state index is 12.4. The lowest BCUT2D eigenvalue weighted by atomic mass is 9.73. The second-order valence-corrected chi connectivity index (χ2v) is 6.29. The number of carbonyl (C=O) groups is 2. The predicted molar refractivity (Wildman–Crippen MR) is 72.0 cm³/mol. The number of nitrogens with two attached hydrogens (primary N) is 1. The number of esters is 1. The average molecular weight is 263 g/mol. The zero-order chi connectivity index (χ0) is 14.2. The molecule has 19 heavy (non-hydrogen) atoms. The Kier molecular flexibility index (Phi) is 3.52. The lowest BCUT2D eigenvalue weighted by Gasteiger charge is -2.32. The normalized spacial score (nSPS) is 27.2. The Hall–Kier alpha value is -1.58. The van der Waals surface area contributed by atoms with E-state index in [1.165, 1.54) is 0 Å². The summed E-state index contributed by atoms with van der Waals surface area (Å²) in [5.41, 5.74) is 6.76. The molecule has 0 amide bonds. The number of hydrogen-bond acceptors (Lipinski definition) is 4. The van der Waals surface area contributed by atoms with E-state index in [0.717, 1.165) is 24.1 Å². The standard InChI is InChI=1S/C15H21NO3/c1-15(2,3)19-14(18)12-6-4-9-8-10(16)5-7-11(9)13(12)17/h5,7,9,12H,4,6,8,16H2,1-3H3. The molecule has 2 atom stereocenters. The molecule has 2 aliphatic rings. The fourth-order valence-electron chi connectivity index (χ4n) is 2.63. The largest absolute Gasteiger partial charge is 0.459 e. The molecule has 0 aromatic rings. The van der Waals surface area contributed by atoms with Gasteiger partial charge in [-0.15, -0.1) is 0 Å². The van der Waals surface area contributed by atoms with Crippen LogP contribution < -0.4 is 5.73 Å². The van der Waals surface area contributed by atoms with Crippen LogP contribution in [0.3, 0.4) is 0 Å². The van der Waals surface area contributed by atoms with E-state index in [4.69, 9.17) is 10.5 Å². The molecular formula is C15H21NO3. The molecule has 1 fully saturated rings. The Morgan fingerprint density at radius 2 is 2.00 bits per heavy atom. The molecule has 0 saturated heterocycles. The molecule has 0 aromatic carbocycles. The van der Waals surface area contributed by atoms with Gasteiger partial charge in [-0.05, 0) is 57.6 Å². The van der Waals surface area contributed by atoms with Crippen molar-refractivity contribution in [3.63, 3.8) is 0 Å². The van der Waals surface area contributed by atoms with E-state index in [-0.39, 0.29) is 11.7 Å². The summed E-state index contributed by atoms with van der Waals surface area (Å²) in [6.07, 6.45) is 5.63. The molecular weight excluding hydrogens is 242 g/mol. The number of carbonyl (C=O) groups excluding carboxylic acids is 2. The van der Waals surface area contributed by atoms with Gasteiger partial charge in [0.15, 0.2) is 5.78 Å². The van der Waals surface area contributed by atoms with E-state index < -0.39 is 17.5 Å². The second-order valence-electron chi connectivity index (χ2n) is 6.29. The zero-order valence-electron chi connectivity index (χ0n) is 11.7. The Morgan fingerprint density at radius 1 is 1.32 bits per heavy atom. The summed E-state index contributed by atoms with van der Waals surface area (Å²) >= 11 is 0. The van der Waals surface area contributed by atoms with Gasteiger partial charge in [0.25, 0.3) is 0 Å². The fraction of sp³-hybridized carbons (Fsp3) is 0.600. The SMILES string of the molecule is CC(C)(C)OC(=O)C1CCC2CC(N)=CC=C2C1=O. The molecule has 0 aromatic heterocycles. The Balaban J connectivity index is 2.14. The summed E-state index contributed by atoms with van der Waals surface area (Å²) in [5.74, 6) is -0.959. The van der Waals surface area contributed by atoms with Crippen LogP contribution in [0.15, 0.2) is 23.4 Å². The van der Waals surface area contributed by atoms with Crippen molar-refractivity contribution in [2.45, 2.75) is 45.6 Å². The first-order chi connectivity index (χ1) is 8.78. The third-order valence-electron chi connectivity index (χ3n) is 3.50. The highest BCUT2D eigenvalue weighted by Crippen LogP contribution is 2.37. The lowest BCUT2D eigenvalue weighted by molar-refractivity contribution is -0.162. The van der Waals surface area contributed by atoms with Crippen LogP contribution in [0.4, 0.5) is 0 Å². The molecule has 1 saturated carbocycles. The topological polar surface area (TPSA) is 69.4 Å². The third-order valence-corrected chi connectivity index (χ3v) is 3.50. The van der Waals surface area contributed by atoms with Crippen LogP contribution >= 0.6 is 0 Å². The number of ether oxygens (including phenoxy) is 1. The highest BCUT2D eigenvalue weighted by molar-refractivity contribution is 6.09. The highest BCUT2D eigenvalue weighted by Gasteiger charge is 2.40. The van der Waals surface area contributed by atoms with Crippen LogP contribution in [0.5, 0.6) is 0 Å². The van der Waals surface area contributed by atoms with Gasteiger partial charge >= 0.3 is 5.97 Å². The molecule has 2 N–H and O–H groups in total. The van der Waals surface area contributed by atoms with E-state index in [2.05, 4.69) is 0 Å². The Labute approximate surface area is 113 Å². The number of hydrogen-bond donors (Lipinski definition) is 1. The van der Waals surface area contributed by atoms with E-state index in [1.807, 2.05) is 20.8 Å². The molecule has 0 radical (unpaired) electrons. The first-order valence-corrected chi connectivity index (χ1v) is 6.71. The van der Waals surface area contributed by atoms with Gasteiger partial charge in [0.1, 0.15) is 11.5 Å². The van der Waals surface area contributed by atoms with Gasteiger partial charge in [-0.2, -0.15) is 0 Å². The molecule has 4 heteroatoms. The molecule has 4 nitrogen and oxygen atoms in total. The van der Waals surface area contributed by atoms with E-state index in [0.29, 0.717) is 6.42 Å². The van der Waals surface area contributed by atoms with Crippen LogP contribution in [0.25, 0.3) is 0 Å². The van der Waals surface area contributed by atoms with Gasteiger partial charge in [0.05, 0.1) is 0 Å². The Bertz CT molecular complexity index is 468. The summed E-state index contributed by atoms with van der Waals surface area (Å²) in [5, 5.41) is 0. The third kappa shape index (κ3) is 3.06. The first kappa shape index (κ1) is 13.8. The van der Waals surface area contributed by atoms with Crippen LogP contribution in [-0.4, -0.2) is 17.4 Å². The average Bonchev–Trinajstić information content (AvgIpc) is 2.26. The summed E-state index contributed by atoms with van der Waals surface area (Å²) in [7, 11) is 0. The summed E-state index contributed by atoms with van der Waals surface area (Å²) < 4.78 is 5.32. The van der Waals surface area contributed by atoms with Gasteiger partial charge in [0.2, 0.25) is 0 Å². The van der Waals surface area contributed by atoms with E-state index in [9.17, 15) is 9.59 Å². The van der Waals surface area contributed by atoms with Gasteiger partial charge in [-0.1, -0.05) is 6.08 Å². The summed E-state index contributed by atoms with van der Waals surface area (Å²) in [6, 6.07) is 0. The quantitative estimate of drug-likeness (QED) is 0.581. The minimum atomic E-state index is -0.644. The number of Topliss-reactive ketones (excluding diaryl/α,β-unsaturated/α-hetero) is 1. The number of fused-ring (bicyclic) bond motifs is 1. The van der Waals surface area contributed by atoms with Crippen LogP contribution in [0.2, 0.25) is 0 Å². The molecule has 0 heterocycles. The fourth-order valence-corrected chi connectivity index (χ4v) is 2.63. The van der Waals surface area contributed by atoms with Crippen molar-refractivity contribution in [3.8, 4) is 0 Å². The molecule has 2 rings (SSSR count). The van der Waals surface area contributed by atoms with Crippen molar-refractivity contribution in [2.75, 3.05) is 0 Å². The van der Waals surface area contributed by atoms with Crippen molar-refractivity contribution >= 4 is 11.8 Å². The van der Waals surface area contributed by atoms with Crippen molar-refractivity contribution in [1.82, 2.24) is 0 Å². The smallest absolute Gasteiger partial charge is 0.317 e. The monoisotopic (exact) mass is 263 g/mol. The highest BCUT2D eigenvalue weighted by atomic mass is 16.6. The first-order valence-electron chi connectivity index (χ1n) is 6.71. The Morgan fingerprint density at radius 3 is 2.63 bits per heavy atom. The van der Waals surface area contributed by atoms with Crippen LogP contribution in [0.1, 0.15) is 40.0 Å². The van der Waals surface area contributed by atoms with E-state index in [1.54, 1.807) is 12.2 Å². The molecule has 104 valence electrons. The van der Waals surface area contributed by atoms with Crippen LogP contribution in [0, 0.1) is 11.8 Å². The molecule has 0 bridgehead atoms. The van der Waals surface area contributed by atoms with Gasteiger partial charge in [-0.25, -0.2) is 0 Å². The van der Waals surface area contributed by atoms with E-state index >= 15 is 0 Å². The number of rotatable bonds is 1. The second kappa shape index (κ2) is 4.83. The van der Waals surface area contributed by atoms with Gasteiger partial charge < -0.3 is 10.5 Å². The predicted octanol–water partition coefficient (Wildman–Crippen LogP) is 2.10. The minimum absolute atomic E-state index is 0.0887. The summed E-state index contributed by atoms with van der Waals surface area (Å²) in [4.78, 5) is 24.4. The van der Waals surface area contributed by atoms with Crippen LogP contribution in [-0.2, 0) is 14.3 Å². The van der Waals surface area contributed by atoms with Gasteiger partial charge in [0, 0.05) is 5.70 Å². The van der Waals surface area contributed by atoms with Crippen molar-refractivity contribution in [3.05, 3.63) is 23.4 Å². The van der Waals surface area contributed by atoms with Crippen molar-refractivity contribution < 1.29 is 14.3 Å². The zero-order valence-corrected chi connectivity index (χ0v) is 11.7. The molecule has 0 spiro atoms. The molecule has 2 aliphatic carbocycles. The van der Waals surface area contributed by atoms with Crippen molar-refractivity contribution in [2.24, 2.45) is 17.6 Å². The summed E-state index contributed by atoms with van der Waals surface area (Å²) in [6.45, 7) is 5.43. The van der Waals surface area contributed by atoms with Gasteiger partial charge in [-0.3, -0.25) is 9.59 Å². The minimum Gasteiger partial charge on any atom is -0.459 e. The molecule has 2 unspecified atom stereocenters. The maximum Gasteiger partial charge on any atom is 0.317 e. The van der Waals surface area contributed by atoms with Crippen molar-refractivity contribution in [1.29, 1.82) is 0 Å². The number of allylic oxidation sites excluding steroid dienone is 4. The molecule has 0 aliphatic heterocycles. The maximum atomic E-state index is 12.4. The number of ketones is 1.